The second kappa shape index (κ2) is 8.79. The Labute approximate surface area is 164 Å². The third-order valence-corrected chi connectivity index (χ3v) is 4.61. The van der Waals surface area contributed by atoms with Crippen LogP contribution in [0.5, 0.6) is 0 Å². The highest BCUT2D eigenvalue weighted by molar-refractivity contribution is 9.10. The number of halogens is 3. The minimum Gasteiger partial charge on any atom is -0.462 e. The number of esters is 2. The number of carbonyl (C=O) groups excluding carboxylic acids is 2. The highest BCUT2D eigenvalue weighted by Gasteiger charge is 2.58. The average Bonchev–Trinajstić information content (AvgIpc) is 3.47. The summed E-state index contributed by atoms with van der Waals surface area (Å²) in [6.07, 6.45) is 0.850. The van der Waals surface area contributed by atoms with Gasteiger partial charge in [-0.3, -0.25) is 0 Å². The predicted octanol–water partition coefficient (Wildman–Crippen LogP) is 3.93. The number of nitrogens with zero attached hydrogens (tertiary/aromatic N) is 1. The lowest BCUT2D eigenvalue weighted by Crippen LogP contribution is -2.46. The van der Waals surface area contributed by atoms with Crippen LogP contribution in [0.3, 0.4) is 0 Å². The molecule has 0 saturated heterocycles. The van der Waals surface area contributed by atoms with Gasteiger partial charge in [0.1, 0.15) is 6.04 Å². The van der Waals surface area contributed by atoms with Gasteiger partial charge < -0.3 is 14.2 Å². The lowest BCUT2D eigenvalue weighted by molar-refractivity contribution is -0.148. The van der Waals surface area contributed by atoms with Gasteiger partial charge in [0.05, 0.1) is 24.8 Å². The van der Waals surface area contributed by atoms with Crippen LogP contribution in [-0.2, 0) is 23.8 Å². The minimum absolute atomic E-state index is 0.0420. The molecule has 2 rings (SSSR count). The summed E-state index contributed by atoms with van der Waals surface area (Å²) in [7, 11) is 1.11. The zero-order valence-electron chi connectivity index (χ0n) is 15.3. The van der Waals surface area contributed by atoms with Crippen molar-refractivity contribution in [1.29, 1.82) is 0 Å². The van der Waals surface area contributed by atoms with Crippen molar-refractivity contribution in [1.82, 2.24) is 4.71 Å². The van der Waals surface area contributed by atoms with Gasteiger partial charge in [0.15, 0.2) is 0 Å². The second-order valence-corrected chi connectivity index (χ2v) is 6.62. The van der Waals surface area contributed by atoms with Crippen molar-refractivity contribution in [3.8, 4) is 0 Å². The first-order valence-corrected chi connectivity index (χ1v) is 9.28. The molecule has 1 aromatic carbocycles. The number of hydrogen-bond donors (Lipinski definition) is 0. The van der Waals surface area contributed by atoms with Crippen molar-refractivity contribution in [3.05, 3.63) is 39.9 Å². The van der Waals surface area contributed by atoms with Crippen LogP contribution in [0.25, 0.3) is 0 Å². The molecule has 27 heavy (non-hydrogen) atoms. The van der Waals surface area contributed by atoms with Crippen LogP contribution in [0, 0.1) is 5.82 Å². The Hall–Kier alpha value is -2.00. The van der Waals surface area contributed by atoms with Crippen molar-refractivity contribution in [3.63, 3.8) is 0 Å². The first-order valence-electron chi connectivity index (χ1n) is 8.48. The number of quaternary nitrogens is 1. The largest absolute Gasteiger partial charge is 0.462 e. The first-order chi connectivity index (χ1) is 12.8. The Balaban J connectivity index is 2.75. The molecule has 0 aliphatic heterocycles. The molecule has 1 aliphatic carbocycles. The fourth-order valence-corrected chi connectivity index (χ4v) is 3.06. The summed E-state index contributed by atoms with van der Waals surface area (Å²) in [6.45, 7) is 3.00. The van der Waals surface area contributed by atoms with E-state index in [1.807, 2.05) is 0 Å². The van der Waals surface area contributed by atoms with E-state index in [4.69, 9.17) is 14.2 Å². The van der Waals surface area contributed by atoms with E-state index in [0.717, 1.165) is 7.11 Å². The van der Waals surface area contributed by atoms with E-state index in [2.05, 4.69) is 15.9 Å². The van der Waals surface area contributed by atoms with Crippen molar-refractivity contribution in [2.24, 2.45) is 0 Å². The molecule has 9 heteroatoms. The highest BCUT2D eigenvalue weighted by Crippen LogP contribution is 2.46. The molecular weight excluding hydrogens is 428 g/mol. The van der Waals surface area contributed by atoms with Crippen LogP contribution in [0.4, 0.5) is 14.6 Å². The van der Waals surface area contributed by atoms with Gasteiger partial charge in [0.25, 0.3) is 0 Å². The maximum absolute atomic E-state index is 16.3. The Morgan fingerprint density at radius 2 is 1.74 bits per heavy atom. The Kier molecular flexibility index (Phi) is 6.94. The molecule has 6 nitrogen and oxygen atoms in total. The normalized spacial score (nSPS) is 15.5. The Bertz CT molecular complexity index is 746. The summed E-state index contributed by atoms with van der Waals surface area (Å²) in [5.74, 6) is -3.70. The summed E-state index contributed by atoms with van der Waals surface area (Å²) < 4.78 is 44.4. The summed E-state index contributed by atoms with van der Waals surface area (Å²) in [5.41, 5.74) is -1.11. The van der Waals surface area contributed by atoms with Gasteiger partial charge in [-0.25, -0.2) is 9.59 Å². The lowest BCUT2D eigenvalue weighted by Gasteiger charge is -2.27. The lowest BCUT2D eigenvalue weighted by atomic mass is 10.2. The van der Waals surface area contributed by atoms with Gasteiger partial charge in [-0.15, -0.1) is 0 Å². The van der Waals surface area contributed by atoms with Gasteiger partial charge in [0.2, 0.25) is 17.1 Å². The molecule has 0 bridgehead atoms. The van der Waals surface area contributed by atoms with Gasteiger partial charge in [-0.05, 0) is 40.5 Å². The molecule has 0 spiro atoms. The van der Waals surface area contributed by atoms with Crippen LogP contribution in [0.15, 0.2) is 34.1 Å². The fraction of sp³-hybridized carbons (Fsp3) is 0.444. The first kappa shape index (κ1) is 21.3. The zero-order chi connectivity index (χ0) is 20.2. The molecule has 148 valence electrons. The van der Waals surface area contributed by atoms with Crippen molar-refractivity contribution in [2.75, 3.05) is 20.3 Å². The zero-order valence-corrected chi connectivity index (χ0v) is 16.8. The van der Waals surface area contributed by atoms with Crippen LogP contribution >= 0.6 is 15.9 Å². The molecule has 1 aliphatic rings. The second-order valence-electron chi connectivity index (χ2n) is 5.77. The number of ether oxygens (including phenoxy) is 3. The van der Waals surface area contributed by atoms with Crippen molar-refractivity contribution >= 4 is 33.6 Å². The van der Waals surface area contributed by atoms with Crippen LogP contribution in [0.1, 0.15) is 26.7 Å². The topological polar surface area (TPSA) is 61.8 Å². The van der Waals surface area contributed by atoms with Gasteiger partial charge >= 0.3 is 17.8 Å². The van der Waals surface area contributed by atoms with Crippen molar-refractivity contribution < 1.29 is 32.7 Å². The number of hydrogen-bond acceptors (Lipinski definition) is 5. The number of rotatable bonds is 8. The number of methoxy groups -OCH3 is 1. The molecule has 0 heterocycles. The van der Waals surface area contributed by atoms with E-state index >= 15 is 4.48 Å². The molecular formula is C18H21BrF2NO5+. The van der Waals surface area contributed by atoms with Crippen molar-refractivity contribution in [2.45, 2.75) is 32.7 Å². The van der Waals surface area contributed by atoms with Gasteiger partial charge in [-0.2, -0.15) is 4.39 Å². The van der Waals surface area contributed by atoms with Crippen LogP contribution < -0.4 is 4.71 Å². The smallest absolute Gasteiger partial charge is 0.358 e. The van der Waals surface area contributed by atoms with Crippen LogP contribution in [0.2, 0.25) is 0 Å². The molecule has 0 N–H and O–H groups in total. The van der Waals surface area contributed by atoms with E-state index in [-0.39, 0.29) is 23.4 Å². The van der Waals surface area contributed by atoms with E-state index in [0.29, 0.717) is 12.8 Å². The molecule has 1 atom stereocenters. The summed E-state index contributed by atoms with van der Waals surface area (Å²) >= 11 is 3.03. The average molecular weight is 449 g/mol. The quantitative estimate of drug-likeness (QED) is 0.150. The van der Waals surface area contributed by atoms with E-state index in [1.54, 1.807) is 13.8 Å². The number of carbonyl (C=O) groups is 2. The molecule has 0 amide bonds. The van der Waals surface area contributed by atoms with E-state index < -0.39 is 40.0 Å². The molecule has 1 unspecified atom stereocenters. The number of benzene rings is 1. The predicted molar refractivity (Wildman–Crippen MR) is 97.3 cm³/mol. The molecule has 0 aromatic heterocycles. The highest BCUT2D eigenvalue weighted by atomic mass is 79.9. The molecule has 1 fully saturated rings. The van der Waals surface area contributed by atoms with Crippen LogP contribution in [-0.4, -0.2) is 38.3 Å². The molecule has 1 aromatic rings. The van der Waals surface area contributed by atoms with E-state index in [1.165, 1.54) is 18.2 Å². The third-order valence-electron chi connectivity index (χ3n) is 3.99. The summed E-state index contributed by atoms with van der Waals surface area (Å²) in [5, 5.41) is 0. The van der Waals surface area contributed by atoms with Gasteiger partial charge in [-0.1, -0.05) is 6.07 Å². The SMILES string of the molecule is CCOC(=O)C(C(=O)OCC)=C(OC)[N+](F)(c1cccc(Br)c1F)C1CC1. The van der Waals surface area contributed by atoms with Gasteiger partial charge in [0, 0.05) is 23.4 Å². The minimum atomic E-state index is -1.67. The maximum Gasteiger partial charge on any atom is 0.358 e. The molecule has 1 saturated carbocycles. The third kappa shape index (κ3) is 4.14. The molecule has 0 radical (unpaired) electrons. The monoisotopic (exact) mass is 448 g/mol. The summed E-state index contributed by atoms with van der Waals surface area (Å²) in [4.78, 5) is 24.8. The fourth-order valence-electron chi connectivity index (χ4n) is 2.71. The Morgan fingerprint density at radius 3 is 2.19 bits per heavy atom. The van der Waals surface area contributed by atoms with E-state index in [9.17, 15) is 14.0 Å². The Morgan fingerprint density at radius 1 is 1.19 bits per heavy atom. The maximum atomic E-state index is 16.3. The summed E-state index contributed by atoms with van der Waals surface area (Å²) in [6, 6.07) is 3.41. The standard InChI is InChI=1S/C18H21BrF2NO5/c1-4-26-17(23)14(18(24)27-5-2)16(25-3)22(21,11-9-10-11)13-8-6-7-12(19)15(13)20/h6-8,11H,4-5,9-10H2,1-3H3/q+1.